The lowest BCUT2D eigenvalue weighted by atomic mass is 9.77. The van der Waals surface area contributed by atoms with Crippen LogP contribution in [-0.2, 0) is 0 Å². The lowest BCUT2D eigenvalue weighted by molar-refractivity contribution is 0.293. The Balaban J connectivity index is 1.95. The molecule has 1 aromatic rings. The summed E-state index contributed by atoms with van der Waals surface area (Å²) in [6.07, 6.45) is 7.53. The Morgan fingerprint density at radius 1 is 1.09 bits per heavy atom. The summed E-state index contributed by atoms with van der Waals surface area (Å²) in [6, 6.07) is 3.26. The van der Waals surface area contributed by atoms with Gasteiger partial charge in [-0.15, -0.1) is 11.6 Å². The number of hydrogen-bond acceptors (Lipinski definition) is 1. The molecule has 0 amide bonds. The van der Waals surface area contributed by atoms with E-state index in [1.165, 1.54) is 12.8 Å². The summed E-state index contributed by atoms with van der Waals surface area (Å²) < 4.78 is 33.3. The Hall–Kier alpha value is -0.830. The van der Waals surface area contributed by atoms with Crippen molar-refractivity contribution in [3.8, 4) is 5.75 Å². The van der Waals surface area contributed by atoms with Gasteiger partial charge < -0.3 is 4.74 Å². The van der Waals surface area contributed by atoms with Crippen LogP contribution in [0.5, 0.6) is 5.75 Å². The van der Waals surface area contributed by atoms with Gasteiger partial charge in [0.1, 0.15) is 0 Å². The molecular weight excluding hydrogens is 306 g/mol. The molecule has 1 aliphatic carbocycles. The van der Waals surface area contributed by atoms with Crippen molar-refractivity contribution in [1.29, 1.82) is 0 Å². The lowest BCUT2D eigenvalue weighted by Gasteiger charge is -2.29. The predicted molar refractivity (Wildman–Crippen MR) is 86.8 cm³/mol. The molecule has 22 heavy (non-hydrogen) atoms. The molecule has 0 unspecified atom stereocenters. The van der Waals surface area contributed by atoms with Crippen molar-refractivity contribution in [2.45, 2.75) is 57.8 Å². The highest BCUT2D eigenvalue weighted by Crippen LogP contribution is 2.40. The Bertz CT molecular complexity index is 470. The van der Waals surface area contributed by atoms with Gasteiger partial charge in [-0.3, -0.25) is 0 Å². The second-order valence-corrected chi connectivity index (χ2v) is 6.49. The van der Waals surface area contributed by atoms with Gasteiger partial charge >= 0.3 is 0 Å². The highest BCUT2D eigenvalue weighted by Gasteiger charge is 2.26. The zero-order valence-corrected chi connectivity index (χ0v) is 14.0. The van der Waals surface area contributed by atoms with Gasteiger partial charge in [0.15, 0.2) is 11.6 Å². The van der Waals surface area contributed by atoms with Gasteiger partial charge in [-0.05, 0) is 62.5 Å². The van der Waals surface area contributed by atoms with Crippen LogP contribution < -0.4 is 4.74 Å². The van der Waals surface area contributed by atoms with E-state index in [0.29, 0.717) is 12.2 Å². The fraction of sp³-hybridized carbons (Fsp3) is 0.667. The number of hydrogen-bond donors (Lipinski definition) is 0. The van der Waals surface area contributed by atoms with E-state index in [0.717, 1.165) is 43.9 Å². The summed E-state index contributed by atoms with van der Waals surface area (Å²) in [6.45, 7) is 2.10. The summed E-state index contributed by atoms with van der Waals surface area (Å²) in [5, 5.41) is 0. The highest BCUT2D eigenvalue weighted by atomic mass is 35.5. The number of unbranched alkanes of at least 4 members (excludes halogenated alkanes) is 1. The summed E-state index contributed by atoms with van der Waals surface area (Å²) in [4.78, 5) is 0. The first kappa shape index (κ1) is 17.5. The van der Waals surface area contributed by atoms with Gasteiger partial charge in [-0.2, -0.15) is 4.39 Å². The first-order valence-corrected chi connectivity index (χ1v) is 8.87. The molecule has 1 aromatic carbocycles. The fourth-order valence-corrected chi connectivity index (χ4v) is 3.61. The second kappa shape index (κ2) is 8.71. The van der Waals surface area contributed by atoms with E-state index < -0.39 is 11.6 Å². The fourth-order valence-electron chi connectivity index (χ4n) is 3.42. The third kappa shape index (κ3) is 4.34. The standard InChI is InChI=1S/C18H25ClF2O/c1-2-22-16-11-10-15(17(20)18(16)21)14-8-6-13(7-9-14)5-3-4-12-19/h10-11,13-14H,2-9,12H2,1H3. The van der Waals surface area contributed by atoms with E-state index in [2.05, 4.69) is 0 Å². The molecule has 0 N–H and O–H groups in total. The maximum atomic E-state index is 14.2. The molecule has 4 heteroatoms. The molecular formula is C18H25ClF2O. The maximum absolute atomic E-state index is 14.2. The molecule has 0 aliphatic heterocycles. The average Bonchev–Trinajstić information content (AvgIpc) is 2.53. The minimum atomic E-state index is -0.844. The molecule has 1 fully saturated rings. The predicted octanol–water partition coefficient (Wildman–Crippen LogP) is 6.05. The average molecular weight is 331 g/mol. The van der Waals surface area contributed by atoms with Gasteiger partial charge in [-0.25, -0.2) is 4.39 Å². The number of rotatable bonds is 7. The van der Waals surface area contributed by atoms with E-state index in [9.17, 15) is 8.78 Å². The normalized spacial score (nSPS) is 21.8. The first-order chi connectivity index (χ1) is 10.7. The van der Waals surface area contributed by atoms with Crippen molar-refractivity contribution in [1.82, 2.24) is 0 Å². The number of benzene rings is 1. The SMILES string of the molecule is CCOc1ccc(C2CCC(CCCCCl)CC2)c(F)c1F. The number of ether oxygens (including phenoxy) is 1. The van der Waals surface area contributed by atoms with Crippen molar-refractivity contribution in [3.05, 3.63) is 29.3 Å². The van der Waals surface area contributed by atoms with Gasteiger partial charge in [0.25, 0.3) is 0 Å². The van der Waals surface area contributed by atoms with E-state index in [-0.39, 0.29) is 11.7 Å². The molecule has 0 atom stereocenters. The third-order valence-corrected chi connectivity index (χ3v) is 4.93. The Morgan fingerprint density at radius 2 is 1.82 bits per heavy atom. The van der Waals surface area contributed by atoms with Crippen LogP contribution in [0.4, 0.5) is 8.78 Å². The Labute approximate surface area is 137 Å². The lowest BCUT2D eigenvalue weighted by Crippen LogP contribution is -2.15. The van der Waals surface area contributed by atoms with Crippen LogP contribution in [0.25, 0.3) is 0 Å². The van der Waals surface area contributed by atoms with E-state index in [4.69, 9.17) is 16.3 Å². The van der Waals surface area contributed by atoms with Crippen LogP contribution in [0.1, 0.15) is 63.4 Å². The van der Waals surface area contributed by atoms with Crippen molar-refractivity contribution in [2.24, 2.45) is 5.92 Å². The van der Waals surface area contributed by atoms with Crippen LogP contribution in [0.15, 0.2) is 12.1 Å². The largest absolute Gasteiger partial charge is 0.491 e. The molecule has 1 aliphatic rings. The molecule has 0 saturated heterocycles. The molecule has 1 nitrogen and oxygen atoms in total. The Morgan fingerprint density at radius 3 is 2.45 bits per heavy atom. The van der Waals surface area contributed by atoms with Gasteiger partial charge in [0.2, 0.25) is 5.82 Å². The minimum absolute atomic E-state index is 0.0125. The second-order valence-electron chi connectivity index (χ2n) is 6.12. The Kier molecular flexibility index (Phi) is 6.94. The molecule has 1 saturated carbocycles. The summed E-state index contributed by atoms with van der Waals surface area (Å²) in [5.74, 6) is 0.0228. The smallest absolute Gasteiger partial charge is 0.200 e. The van der Waals surface area contributed by atoms with E-state index in [1.807, 2.05) is 0 Å². The van der Waals surface area contributed by atoms with Crippen LogP contribution in [0, 0.1) is 17.6 Å². The van der Waals surface area contributed by atoms with Crippen molar-refractivity contribution in [3.63, 3.8) is 0 Å². The van der Waals surface area contributed by atoms with Crippen molar-refractivity contribution < 1.29 is 13.5 Å². The molecule has 0 bridgehead atoms. The minimum Gasteiger partial charge on any atom is -0.491 e. The molecule has 2 rings (SSSR count). The van der Waals surface area contributed by atoms with E-state index >= 15 is 0 Å². The molecule has 0 radical (unpaired) electrons. The number of halogens is 3. The van der Waals surface area contributed by atoms with Gasteiger partial charge in [0, 0.05) is 5.88 Å². The van der Waals surface area contributed by atoms with Crippen LogP contribution in [-0.4, -0.2) is 12.5 Å². The van der Waals surface area contributed by atoms with Crippen molar-refractivity contribution in [2.75, 3.05) is 12.5 Å². The van der Waals surface area contributed by atoms with Crippen LogP contribution in [0.2, 0.25) is 0 Å². The van der Waals surface area contributed by atoms with Crippen molar-refractivity contribution >= 4 is 11.6 Å². The topological polar surface area (TPSA) is 9.23 Å². The maximum Gasteiger partial charge on any atom is 0.200 e. The van der Waals surface area contributed by atoms with Crippen LogP contribution >= 0.6 is 11.6 Å². The molecule has 0 aromatic heterocycles. The monoisotopic (exact) mass is 330 g/mol. The summed E-state index contributed by atoms with van der Waals surface area (Å²) >= 11 is 5.70. The summed E-state index contributed by atoms with van der Waals surface area (Å²) in [7, 11) is 0. The van der Waals surface area contributed by atoms with Crippen LogP contribution in [0.3, 0.4) is 0 Å². The first-order valence-electron chi connectivity index (χ1n) is 8.34. The van der Waals surface area contributed by atoms with Gasteiger partial charge in [-0.1, -0.05) is 18.9 Å². The zero-order chi connectivity index (χ0) is 15.9. The molecule has 124 valence electrons. The molecule has 0 spiro atoms. The summed E-state index contributed by atoms with van der Waals surface area (Å²) in [5.41, 5.74) is 0.514. The number of alkyl halides is 1. The van der Waals surface area contributed by atoms with Gasteiger partial charge in [0.05, 0.1) is 6.61 Å². The quantitative estimate of drug-likeness (QED) is 0.437. The molecule has 0 heterocycles. The third-order valence-electron chi connectivity index (χ3n) is 4.66. The highest BCUT2D eigenvalue weighted by molar-refractivity contribution is 6.17. The zero-order valence-electron chi connectivity index (χ0n) is 13.2. The van der Waals surface area contributed by atoms with E-state index in [1.54, 1.807) is 19.1 Å².